The van der Waals surface area contributed by atoms with E-state index in [9.17, 15) is 14.0 Å². The first-order valence-electron chi connectivity index (χ1n) is 7.80. The summed E-state index contributed by atoms with van der Waals surface area (Å²) in [5, 5.41) is 0. The van der Waals surface area contributed by atoms with Crippen LogP contribution in [0, 0.1) is 5.82 Å². The summed E-state index contributed by atoms with van der Waals surface area (Å²) in [4.78, 5) is 29.8. The van der Waals surface area contributed by atoms with Crippen LogP contribution in [0.2, 0.25) is 0 Å². The van der Waals surface area contributed by atoms with Gasteiger partial charge in [-0.3, -0.25) is 19.4 Å². The maximum atomic E-state index is 13.0. The Kier molecular flexibility index (Phi) is 4.43. The van der Waals surface area contributed by atoms with Crippen LogP contribution in [0.3, 0.4) is 0 Å². The molecule has 2 fully saturated rings. The molecule has 5 nitrogen and oxygen atoms in total. The van der Waals surface area contributed by atoms with Gasteiger partial charge in [0.15, 0.2) is 0 Å². The highest BCUT2D eigenvalue weighted by Crippen LogP contribution is 2.22. The van der Waals surface area contributed by atoms with Crippen molar-refractivity contribution in [3.05, 3.63) is 42.7 Å². The molecule has 0 saturated carbocycles. The summed E-state index contributed by atoms with van der Waals surface area (Å²) in [5.41, 5.74) is 0.980. The van der Waals surface area contributed by atoms with Gasteiger partial charge in [-0.1, -0.05) is 6.08 Å². The van der Waals surface area contributed by atoms with Crippen LogP contribution in [0.25, 0.3) is 0 Å². The molecule has 1 atom stereocenters. The van der Waals surface area contributed by atoms with Crippen LogP contribution < -0.4 is 4.90 Å². The molecule has 2 amide bonds. The Hall–Kier alpha value is -2.21. The number of likely N-dealkylation sites (tertiary alicyclic amines) is 1. The molecular weight excluding hydrogens is 297 g/mol. The third kappa shape index (κ3) is 3.12. The van der Waals surface area contributed by atoms with E-state index in [2.05, 4.69) is 16.4 Å². The Balaban J connectivity index is 1.61. The van der Waals surface area contributed by atoms with Crippen LogP contribution in [0.4, 0.5) is 10.1 Å². The van der Waals surface area contributed by atoms with Crippen LogP contribution in [0.1, 0.15) is 6.42 Å². The van der Waals surface area contributed by atoms with Crippen LogP contribution >= 0.6 is 0 Å². The highest BCUT2D eigenvalue weighted by molar-refractivity contribution is 6.05. The lowest BCUT2D eigenvalue weighted by atomic mass is 10.1. The number of carbonyl (C=O) groups excluding carboxylic acids is 2. The topological polar surface area (TPSA) is 43.9 Å². The number of imide groups is 1. The molecule has 0 unspecified atom stereocenters. The molecule has 23 heavy (non-hydrogen) atoms. The maximum Gasteiger partial charge on any atom is 0.247 e. The normalized spacial score (nSPS) is 22.7. The molecule has 2 heterocycles. The lowest BCUT2D eigenvalue weighted by Gasteiger charge is -2.38. The Morgan fingerprint density at radius 3 is 2.39 bits per heavy atom. The van der Waals surface area contributed by atoms with Gasteiger partial charge in [-0.25, -0.2) is 4.39 Å². The van der Waals surface area contributed by atoms with E-state index >= 15 is 0 Å². The zero-order valence-corrected chi connectivity index (χ0v) is 12.9. The first kappa shape index (κ1) is 15.7. The minimum atomic E-state index is -0.349. The first-order chi connectivity index (χ1) is 11.1. The molecule has 1 aromatic carbocycles. The second-order valence-corrected chi connectivity index (χ2v) is 5.85. The molecule has 0 bridgehead atoms. The van der Waals surface area contributed by atoms with E-state index in [-0.39, 0.29) is 36.6 Å². The highest BCUT2D eigenvalue weighted by Gasteiger charge is 2.41. The number of rotatable bonds is 4. The molecule has 6 heteroatoms. The van der Waals surface area contributed by atoms with Gasteiger partial charge in [0.05, 0.1) is 12.5 Å². The van der Waals surface area contributed by atoms with Gasteiger partial charge in [0.25, 0.3) is 0 Å². The number of nitrogens with zero attached hydrogens (tertiary/aromatic N) is 3. The van der Waals surface area contributed by atoms with Crippen molar-refractivity contribution in [2.75, 3.05) is 37.6 Å². The SMILES string of the molecule is C=CCN1C(=O)C[C@H](N2CCN(c3ccc(F)cc3)CC2)C1=O. The number of halogens is 1. The summed E-state index contributed by atoms with van der Waals surface area (Å²) in [5.74, 6) is -0.490. The summed E-state index contributed by atoms with van der Waals surface area (Å²) in [6, 6.07) is 6.09. The van der Waals surface area contributed by atoms with Crippen LogP contribution in [-0.4, -0.2) is 60.4 Å². The van der Waals surface area contributed by atoms with E-state index in [4.69, 9.17) is 0 Å². The standard InChI is InChI=1S/C17H20FN3O2/c1-2-7-21-16(22)12-15(17(21)23)20-10-8-19(9-11-20)14-5-3-13(18)4-6-14/h2-6,15H,1,7-12H2/t15-/m0/s1. The van der Waals surface area contributed by atoms with E-state index in [0.717, 1.165) is 18.8 Å². The van der Waals surface area contributed by atoms with Crippen molar-refractivity contribution >= 4 is 17.5 Å². The van der Waals surface area contributed by atoms with E-state index in [0.29, 0.717) is 13.1 Å². The van der Waals surface area contributed by atoms with Crippen LogP contribution in [0.15, 0.2) is 36.9 Å². The molecule has 1 aromatic rings. The van der Waals surface area contributed by atoms with Gasteiger partial charge in [-0.15, -0.1) is 6.58 Å². The lowest BCUT2D eigenvalue weighted by Crippen LogP contribution is -2.52. The van der Waals surface area contributed by atoms with Gasteiger partial charge >= 0.3 is 0 Å². The average molecular weight is 317 g/mol. The molecule has 2 saturated heterocycles. The Labute approximate surface area is 135 Å². The number of hydrogen-bond acceptors (Lipinski definition) is 4. The molecule has 122 valence electrons. The molecule has 0 N–H and O–H groups in total. The van der Waals surface area contributed by atoms with Gasteiger partial charge in [-0.05, 0) is 24.3 Å². The van der Waals surface area contributed by atoms with Crippen molar-refractivity contribution in [3.8, 4) is 0 Å². The van der Waals surface area contributed by atoms with Crippen molar-refractivity contribution in [1.29, 1.82) is 0 Å². The zero-order valence-electron chi connectivity index (χ0n) is 12.9. The van der Waals surface area contributed by atoms with Gasteiger partial charge in [0, 0.05) is 38.4 Å². The van der Waals surface area contributed by atoms with Crippen molar-refractivity contribution in [2.24, 2.45) is 0 Å². The number of benzene rings is 1. The molecule has 2 aliphatic heterocycles. The Bertz CT molecular complexity index is 609. The van der Waals surface area contributed by atoms with Crippen molar-refractivity contribution in [3.63, 3.8) is 0 Å². The van der Waals surface area contributed by atoms with E-state index < -0.39 is 0 Å². The smallest absolute Gasteiger partial charge is 0.247 e. The van der Waals surface area contributed by atoms with Crippen molar-refractivity contribution in [1.82, 2.24) is 9.80 Å². The van der Waals surface area contributed by atoms with Crippen molar-refractivity contribution in [2.45, 2.75) is 12.5 Å². The van der Waals surface area contributed by atoms with Gasteiger partial charge in [0.1, 0.15) is 5.82 Å². The Morgan fingerprint density at radius 2 is 1.78 bits per heavy atom. The van der Waals surface area contributed by atoms with E-state index in [1.165, 1.54) is 17.0 Å². The minimum Gasteiger partial charge on any atom is -0.369 e. The van der Waals surface area contributed by atoms with Crippen LogP contribution in [-0.2, 0) is 9.59 Å². The third-order valence-corrected chi connectivity index (χ3v) is 4.48. The minimum absolute atomic E-state index is 0.120. The third-order valence-electron chi connectivity index (χ3n) is 4.48. The molecule has 2 aliphatic rings. The first-order valence-corrected chi connectivity index (χ1v) is 7.80. The van der Waals surface area contributed by atoms with Crippen LogP contribution in [0.5, 0.6) is 0 Å². The maximum absolute atomic E-state index is 13.0. The summed E-state index contributed by atoms with van der Waals surface area (Å²) in [6.07, 6.45) is 1.83. The van der Waals surface area contributed by atoms with Gasteiger partial charge < -0.3 is 4.90 Å². The summed E-state index contributed by atoms with van der Waals surface area (Å²) < 4.78 is 13.0. The monoisotopic (exact) mass is 317 g/mol. The molecule has 0 spiro atoms. The summed E-state index contributed by atoms with van der Waals surface area (Å²) in [6.45, 7) is 6.80. The summed E-state index contributed by atoms with van der Waals surface area (Å²) in [7, 11) is 0. The highest BCUT2D eigenvalue weighted by atomic mass is 19.1. The Morgan fingerprint density at radius 1 is 1.13 bits per heavy atom. The number of carbonyl (C=O) groups is 2. The molecular formula is C17H20FN3O2. The second kappa shape index (κ2) is 6.50. The number of amides is 2. The van der Waals surface area contributed by atoms with Gasteiger partial charge in [0.2, 0.25) is 11.8 Å². The predicted molar refractivity (Wildman–Crippen MR) is 85.5 cm³/mol. The predicted octanol–water partition coefficient (Wildman–Crippen LogP) is 1.26. The summed E-state index contributed by atoms with van der Waals surface area (Å²) >= 11 is 0. The van der Waals surface area contributed by atoms with Crippen molar-refractivity contribution < 1.29 is 14.0 Å². The average Bonchev–Trinajstić information content (AvgIpc) is 2.84. The molecule has 0 aliphatic carbocycles. The number of piperazine rings is 1. The largest absolute Gasteiger partial charge is 0.369 e. The molecule has 0 aromatic heterocycles. The van der Waals surface area contributed by atoms with E-state index in [1.807, 2.05) is 0 Å². The quantitative estimate of drug-likeness (QED) is 0.619. The van der Waals surface area contributed by atoms with Gasteiger partial charge in [-0.2, -0.15) is 0 Å². The lowest BCUT2D eigenvalue weighted by molar-refractivity contribution is -0.139. The molecule has 0 radical (unpaired) electrons. The molecule has 3 rings (SSSR count). The second-order valence-electron chi connectivity index (χ2n) is 5.85. The fraction of sp³-hybridized carbons (Fsp3) is 0.412. The fourth-order valence-corrected chi connectivity index (χ4v) is 3.22. The van der Waals surface area contributed by atoms with E-state index in [1.54, 1.807) is 18.2 Å². The fourth-order valence-electron chi connectivity index (χ4n) is 3.22. The number of anilines is 1. The number of hydrogen-bond donors (Lipinski definition) is 0. The zero-order chi connectivity index (χ0) is 16.4.